The molecule has 3 heteroatoms. The largest absolute Gasteiger partial charge is 0.317 e. The molecule has 2 fully saturated rings. The molecule has 0 amide bonds. The van der Waals surface area contributed by atoms with Crippen molar-refractivity contribution in [2.45, 2.75) is 51.0 Å². The van der Waals surface area contributed by atoms with E-state index in [9.17, 15) is 0 Å². The maximum atomic E-state index is 3.44. The van der Waals surface area contributed by atoms with Crippen molar-refractivity contribution in [3.8, 4) is 0 Å². The summed E-state index contributed by atoms with van der Waals surface area (Å²) in [5.41, 5.74) is 0. The van der Waals surface area contributed by atoms with Gasteiger partial charge in [0.1, 0.15) is 0 Å². The third-order valence-corrected chi connectivity index (χ3v) is 4.30. The Morgan fingerprint density at radius 1 is 1.06 bits per heavy atom. The molecule has 1 N–H and O–H groups in total. The molecule has 0 bridgehead atoms. The highest BCUT2D eigenvalue weighted by molar-refractivity contribution is 5.85. The van der Waals surface area contributed by atoms with E-state index in [4.69, 9.17) is 0 Å². The molecule has 2 aliphatic rings. The average Bonchev–Trinajstić information content (AvgIpc) is 2.80. The Hall–Kier alpha value is 0.210. The van der Waals surface area contributed by atoms with Crippen LogP contribution in [0.5, 0.6) is 0 Å². The van der Waals surface area contributed by atoms with E-state index in [1.165, 1.54) is 64.6 Å². The Balaban J connectivity index is 0.00000128. The average molecular weight is 247 g/mol. The summed E-state index contributed by atoms with van der Waals surface area (Å²) < 4.78 is 0. The molecule has 1 aliphatic heterocycles. The molecule has 0 spiro atoms. The zero-order chi connectivity index (χ0) is 10.5. The van der Waals surface area contributed by atoms with Crippen molar-refractivity contribution in [1.29, 1.82) is 0 Å². The minimum absolute atomic E-state index is 0. The van der Waals surface area contributed by atoms with Gasteiger partial charge in [-0.15, -0.1) is 12.4 Å². The molecule has 0 radical (unpaired) electrons. The second-order valence-electron chi connectivity index (χ2n) is 5.40. The molecule has 0 aromatic heterocycles. The van der Waals surface area contributed by atoms with Crippen molar-refractivity contribution >= 4 is 12.4 Å². The van der Waals surface area contributed by atoms with Crippen molar-refractivity contribution in [3.05, 3.63) is 0 Å². The van der Waals surface area contributed by atoms with Gasteiger partial charge in [0.25, 0.3) is 0 Å². The lowest BCUT2D eigenvalue weighted by Gasteiger charge is -2.32. The van der Waals surface area contributed by atoms with Crippen LogP contribution >= 0.6 is 12.4 Å². The van der Waals surface area contributed by atoms with Gasteiger partial charge in [0, 0.05) is 6.04 Å². The minimum Gasteiger partial charge on any atom is -0.317 e. The summed E-state index contributed by atoms with van der Waals surface area (Å²) in [4.78, 5) is 2.61. The zero-order valence-corrected chi connectivity index (χ0v) is 11.4. The molecule has 0 unspecified atom stereocenters. The molecule has 0 aromatic carbocycles. The lowest BCUT2D eigenvalue weighted by atomic mass is 10.0. The molecule has 1 saturated heterocycles. The van der Waals surface area contributed by atoms with Gasteiger partial charge in [0.2, 0.25) is 0 Å². The molecule has 0 atom stereocenters. The molecule has 16 heavy (non-hydrogen) atoms. The van der Waals surface area contributed by atoms with Crippen LogP contribution < -0.4 is 5.32 Å². The van der Waals surface area contributed by atoms with Crippen molar-refractivity contribution in [2.75, 3.05) is 26.7 Å². The quantitative estimate of drug-likeness (QED) is 0.821. The maximum Gasteiger partial charge on any atom is 0.0116 e. The second-order valence-corrected chi connectivity index (χ2v) is 5.40. The van der Waals surface area contributed by atoms with Gasteiger partial charge in [-0.05, 0) is 51.9 Å². The summed E-state index contributed by atoms with van der Waals surface area (Å²) in [6.45, 7) is 3.77. The summed E-state index contributed by atoms with van der Waals surface area (Å²) >= 11 is 0. The summed E-state index contributed by atoms with van der Waals surface area (Å²) in [6, 6.07) is 0.854. The molecular weight excluding hydrogens is 220 g/mol. The Kier molecular flexibility index (Phi) is 6.71. The molecular formula is C13H27ClN2. The van der Waals surface area contributed by atoms with Crippen molar-refractivity contribution in [2.24, 2.45) is 5.92 Å². The predicted octanol–water partition coefficient (Wildman–Crippen LogP) is 2.67. The molecule has 2 nitrogen and oxygen atoms in total. The van der Waals surface area contributed by atoms with Crippen LogP contribution in [-0.2, 0) is 0 Å². The predicted molar refractivity (Wildman–Crippen MR) is 72.3 cm³/mol. The number of hydrogen-bond acceptors (Lipinski definition) is 2. The van der Waals surface area contributed by atoms with Crippen molar-refractivity contribution < 1.29 is 0 Å². The summed E-state index contributed by atoms with van der Waals surface area (Å²) in [5.74, 6) is 1.05. The highest BCUT2D eigenvalue weighted by atomic mass is 35.5. The molecule has 1 aliphatic carbocycles. The smallest absolute Gasteiger partial charge is 0.0116 e. The topological polar surface area (TPSA) is 15.3 Å². The van der Waals surface area contributed by atoms with Crippen LogP contribution in [0.4, 0.5) is 0 Å². The van der Waals surface area contributed by atoms with Gasteiger partial charge < -0.3 is 10.2 Å². The third-order valence-electron chi connectivity index (χ3n) is 4.30. The fourth-order valence-electron chi connectivity index (χ4n) is 3.12. The SMILES string of the molecule is CN(CCC1CCCC1)C1CCNCC1.Cl. The second kappa shape index (κ2) is 7.52. The number of nitrogens with zero attached hydrogens (tertiary/aromatic N) is 1. The summed E-state index contributed by atoms with van der Waals surface area (Å²) in [6.07, 6.45) is 10.1. The Morgan fingerprint density at radius 3 is 2.31 bits per heavy atom. The highest BCUT2D eigenvalue weighted by Crippen LogP contribution is 2.27. The zero-order valence-electron chi connectivity index (χ0n) is 10.6. The third kappa shape index (κ3) is 4.23. The first kappa shape index (κ1) is 14.3. The van der Waals surface area contributed by atoms with Gasteiger partial charge >= 0.3 is 0 Å². The van der Waals surface area contributed by atoms with Crippen molar-refractivity contribution in [1.82, 2.24) is 10.2 Å². The van der Waals surface area contributed by atoms with Crippen LogP contribution in [0.15, 0.2) is 0 Å². The first-order valence-corrected chi connectivity index (χ1v) is 6.77. The van der Waals surface area contributed by atoms with Crippen LogP contribution in [0.2, 0.25) is 0 Å². The van der Waals surface area contributed by atoms with Gasteiger partial charge in [-0.1, -0.05) is 25.7 Å². The van der Waals surface area contributed by atoms with Crippen LogP contribution in [0.3, 0.4) is 0 Å². The van der Waals surface area contributed by atoms with Crippen molar-refractivity contribution in [3.63, 3.8) is 0 Å². The lowest BCUT2D eigenvalue weighted by molar-refractivity contribution is 0.187. The number of piperidine rings is 1. The van der Waals surface area contributed by atoms with Crippen LogP contribution in [-0.4, -0.2) is 37.6 Å². The van der Waals surface area contributed by atoms with Crippen LogP contribution in [0.25, 0.3) is 0 Å². The maximum absolute atomic E-state index is 3.44. The fraction of sp³-hybridized carbons (Fsp3) is 1.00. The number of rotatable bonds is 4. The van der Waals surface area contributed by atoms with Crippen LogP contribution in [0.1, 0.15) is 44.9 Å². The van der Waals surface area contributed by atoms with Crippen LogP contribution in [0, 0.1) is 5.92 Å². The number of hydrogen-bond donors (Lipinski definition) is 1. The molecule has 2 rings (SSSR count). The van der Waals surface area contributed by atoms with E-state index in [0.717, 1.165) is 12.0 Å². The van der Waals surface area contributed by atoms with Gasteiger partial charge in [-0.3, -0.25) is 0 Å². The Morgan fingerprint density at radius 2 is 1.69 bits per heavy atom. The highest BCUT2D eigenvalue weighted by Gasteiger charge is 2.20. The normalized spacial score (nSPS) is 23.6. The fourth-order valence-corrected chi connectivity index (χ4v) is 3.12. The number of halogens is 1. The van der Waals surface area contributed by atoms with Gasteiger partial charge in [0.05, 0.1) is 0 Å². The standard InChI is InChI=1S/C13H26N2.ClH/c1-15(13-6-9-14-10-7-13)11-8-12-4-2-3-5-12;/h12-14H,2-11H2,1H3;1H. The Bertz CT molecular complexity index is 175. The molecule has 1 saturated carbocycles. The van der Waals surface area contributed by atoms with E-state index in [-0.39, 0.29) is 12.4 Å². The molecule has 1 heterocycles. The molecule has 0 aromatic rings. The summed E-state index contributed by atoms with van der Waals surface area (Å²) in [5, 5.41) is 3.44. The van der Waals surface area contributed by atoms with E-state index < -0.39 is 0 Å². The number of nitrogens with one attached hydrogen (secondary N) is 1. The van der Waals surface area contributed by atoms with Gasteiger partial charge in [0.15, 0.2) is 0 Å². The van der Waals surface area contributed by atoms with E-state index in [1.807, 2.05) is 0 Å². The van der Waals surface area contributed by atoms with E-state index >= 15 is 0 Å². The Labute approximate surface area is 107 Å². The van der Waals surface area contributed by atoms with E-state index in [2.05, 4.69) is 17.3 Å². The minimum atomic E-state index is 0. The van der Waals surface area contributed by atoms with E-state index in [0.29, 0.717) is 0 Å². The molecule has 96 valence electrons. The monoisotopic (exact) mass is 246 g/mol. The van der Waals surface area contributed by atoms with Gasteiger partial charge in [-0.2, -0.15) is 0 Å². The summed E-state index contributed by atoms with van der Waals surface area (Å²) in [7, 11) is 2.32. The lowest BCUT2D eigenvalue weighted by Crippen LogP contribution is -2.41. The van der Waals surface area contributed by atoms with E-state index in [1.54, 1.807) is 0 Å². The van der Waals surface area contributed by atoms with Gasteiger partial charge in [-0.25, -0.2) is 0 Å². The first-order chi connectivity index (χ1) is 7.36. The first-order valence-electron chi connectivity index (χ1n) is 6.77.